The molecule has 10 nitrogen and oxygen atoms in total. The van der Waals surface area contributed by atoms with E-state index in [0.29, 0.717) is 43.0 Å². The van der Waals surface area contributed by atoms with Gasteiger partial charge in [-0.2, -0.15) is 0 Å². The normalized spacial score (nSPS) is 14.0. The number of hydrogen-bond acceptors (Lipinski definition) is 9. The molecule has 198 valence electrons. The zero-order valence-electron chi connectivity index (χ0n) is 21.5. The molecule has 0 atom stereocenters. The lowest BCUT2D eigenvalue weighted by atomic mass is 10.1. The minimum atomic E-state index is -0.670. The first-order chi connectivity index (χ1) is 17.9. The number of carbonyl (C=O) groups is 1. The Balaban J connectivity index is 1.62. The Hall–Kier alpha value is -3.92. The third-order valence-electron chi connectivity index (χ3n) is 6.45. The molecule has 4 rings (SSSR count). The first kappa shape index (κ1) is 26.2. The van der Waals surface area contributed by atoms with Crippen molar-refractivity contribution in [2.45, 2.75) is 12.8 Å². The molecule has 0 unspecified atom stereocenters. The van der Waals surface area contributed by atoms with Gasteiger partial charge in [0, 0.05) is 44.2 Å². The summed E-state index contributed by atoms with van der Waals surface area (Å²) >= 11 is 0. The van der Waals surface area contributed by atoms with Crippen molar-refractivity contribution in [2.75, 3.05) is 61.2 Å². The Kier molecular flexibility index (Phi) is 8.08. The molecule has 1 amide bonds. The van der Waals surface area contributed by atoms with Crippen LogP contribution in [0.1, 0.15) is 12.8 Å². The molecule has 0 bridgehead atoms. The predicted octanol–water partition coefficient (Wildman–Crippen LogP) is 3.12. The van der Waals surface area contributed by atoms with Gasteiger partial charge in [0.15, 0.2) is 17.1 Å². The summed E-state index contributed by atoms with van der Waals surface area (Å²) in [6, 6.07) is 8.25. The largest absolute Gasteiger partial charge is 0.502 e. The summed E-state index contributed by atoms with van der Waals surface area (Å²) in [5, 5.41) is 10.8. The summed E-state index contributed by atoms with van der Waals surface area (Å²) in [5.41, 5.74) is -0.109. The molecule has 0 spiro atoms. The van der Waals surface area contributed by atoms with Gasteiger partial charge in [0.25, 0.3) is 0 Å². The summed E-state index contributed by atoms with van der Waals surface area (Å²) in [4.78, 5) is 29.9. The van der Waals surface area contributed by atoms with Crippen molar-refractivity contribution in [2.24, 2.45) is 0 Å². The number of rotatable bonds is 9. The van der Waals surface area contributed by atoms with Crippen molar-refractivity contribution in [3.8, 4) is 40.1 Å². The molecule has 0 radical (unpaired) electrons. The van der Waals surface area contributed by atoms with Crippen LogP contribution >= 0.6 is 0 Å². The van der Waals surface area contributed by atoms with Gasteiger partial charge in [-0.25, -0.2) is 0 Å². The minimum Gasteiger partial charge on any atom is -0.502 e. The number of carbonyl (C=O) groups excluding carboxylic acids is 1. The van der Waals surface area contributed by atoms with Crippen LogP contribution in [0.15, 0.2) is 39.5 Å². The fourth-order valence-electron chi connectivity index (χ4n) is 4.29. The molecule has 0 saturated carbocycles. The molecule has 1 fully saturated rings. The summed E-state index contributed by atoms with van der Waals surface area (Å²) in [6.07, 6.45) is 0.790. The van der Waals surface area contributed by atoms with Crippen LogP contribution < -0.4 is 24.4 Å². The third kappa shape index (κ3) is 5.43. The highest BCUT2D eigenvalue weighted by atomic mass is 16.5. The van der Waals surface area contributed by atoms with Gasteiger partial charge in [-0.3, -0.25) is 9.59 Å². The van der Waals surface area contributed by atoms with E-state index in [9.17, 15) is 14.7 Å². The van der Waals surface area contributed by atoms with Crippen LogP contribution in [0.25, 0.3) is 22.3 Å². The van der Waals surface area contributed by atoms with E-state index in [4.69, 9.17) is 23.4 Å². The predicted molar refractivity (Wildman–Crippen MR) is 138 cm³/mol. The quantitative estimate of drug-likeness (QED) is 0.432. The molecule has 1 aromatic heterocycles. The number of hydrogen-bond donors (Lipinski definition) is 1. The smallest absolute Gasteiger partial charge is 0.238 e. The second kappa shape index (κ2) is 11.4. The molecule has 1 saturated heterocycles. The zero-order chi connectivity index (χ0) is 26.5. The van der Waals surface area contributed by atoms with Gasteiger partial charge in [0.1, 0.15) is 16.9 Å². The van der Waals surface area contributed by atoms with Crippen LogP contribution in [0, 0.1) is 0 Å². The van der Waals surface area contributed by atoms with Crippen molar-refractivity contribution >= 4 is 16.9 Å². The number of likely N-dealkylation sites (N-methyl/N-ethyl adjacent to an activating group) is 1. The van der Waals surface area contributed by atoms with E-state index in [-0.39, 0.29) is 40.7 Å². The second-order valence-corrected chi connectivity index (χ2v) is 8.79. The van der Waals surface area contributed by atoms with E-state index in [1.54, 1.807) is 31.4 Å². The Bertz CT molecular complexity index is 1310. The summed E-state index contributed by atoms with van der Waals surface area (Å²) in [7, 11) is 6.48. The van der Waals surface area contributed by atoms with E-state index in [0.717, 1.165) is 13.1 Å². The van der Waals surface area contributed by atoms with Gasteiger partial charge >= 0.3 is 0 Å². The molecular weight excluding hydrogens is 480 g/mol. The fraction of sp³-hybridized carbons (Fsp3) is 0.407. The van der Waals surface area contributed by atoms with Crippen LogP contribution in [0.2, 0.25) is 0 Å². The first-order valence-corrected chi connectivity index (χ1v) is 12.1. The highest BCUT2D eigenvalue weighted by molar-refractivity contribution is 5.93. The van der Waals surface area contributed by atoms with Gasteiger partial charge in [-0.15, -0.1) is 0 Å². The van der Waals surface area contributed by atoms with Crippen molar-refractivity contribution in [1.29, 1.82) is 0 Å². The van der Waals surface area contributed by atoms with Crippen LogP contribution in [0.5, 0.6) is 28.7 Å². The summed E-state index contributed by atoms with van der Waals surface area (Å²) in [5.74, 6) is 0.790. The number of methoxy groups -OCH3 is 3. The van der Waals surface area contributed by atoms with Gasteiger partial charge in [-0.05, 0) is 37.7 Å². The van der Waals surface area contributed by atoms with Crippen molar-refractivity contribution < 1.29 is 33.3 Å². The Labute approximate surface area is 214 Å². The summed E-state index contributed by atoms with van der Waals surface area (Å²) < 4.78 is 28.1. The number of nitrogens with zero attached hydrogens (tertiary/aromatic N) is 2. The molecule has 3 aromatic rings. The molecule has 2 heterocycles. The van der Waals surface area contributed by atoms with E-state index in [2.05, 4.69) is 4.90 Å². The maximum atomic E-state index is 13.3. The van der Waals surface area contributed by atoms with E-state index in [1.165, 1.54) is 20.3 Å². The Morgan fingerprint density at radius 1 is 1.00 bits per heavy atom. The number of aromatic hydroxyl groups is 1. The van der Waals surface area contributed by atoms with E-state index >= 15 is 0 Å². The number of piperazine rings is 1. The van der Waals surface area contributed by atoms with Crippen molar-refractivity contribution in [3.63, 3.8) is 0 Å². The maximum Gasteiger partial charge on any atom is 0.238 e. The lowest BCUT2D eigenvalue weighted by Gasteiger charge is -2.32. The van der Waals surface area contributed by atoms with Crippen LogP contribution in [0.3, 0.4) is 0 Å². The van der Waals surface area contributed by atoms with Crippen molar-refractivity contribution in [1.82, 2.24) is 9.80 Å². The first-order valence-electron chi connectivity index (χ1n) is 12.1. The van der Waals surface area contributed by atoms with Gasteiger partial charge in [-0.1, -0.05) is 0 Å². The standard InChI is InChI=1S/C27H32N2O8/c1-28-11-13-29(14-12-28)21(30)6-5-15-36-19-16-20(34-3)26(35-4)27-22(19)23(31)24(32)25(37-27)17-7-9-18(33-2)10-8-17/h7-10,16,32H,5-6,11-15H2,1-4H3. The van der Waals surface area contributed by atoms with Gasteiger partial charge in [0.2, 0.25) is 22.8 Å². The number of ether oxygens (including phenoxy) is 4. The molecule has 37 heavy (non-hydrogen) atoms. The lowest BCUT2D eigenvalue weighted by Crippen LogP contribution is -2.47. The monoisotopic (exact) mass is 512 g/mol. The highest BCUT2D eigenvalue weighted by Gasteiger charge is 2.25. The van der Waals surface area contributed by atoms with E-state index in [1.807, 2.05) is 11.9 Å². The number of fused-ring (bicyclic) bond motifs is 1. The maximum absolute atomic E-state index is 13.3. The molecule has 1 aliphatic rings. The van der Waals surface area contributed by atoms with Crippen LogP contribution in [0.4, 0.5) is 0 Å². The van der Waals surface area contributed by atoms with Crippen LogP contribution in [-0.4, -0.2) is 82.0 Å². The van der Waals surface area contributed by atoms with Crippen LogP contribution in [-0.2, 0) is 4.79 Å². The SMILES string of the molecule is COc1ccc(-c2oc3c(OC)c(OC)cc(OCCCC(=O)N4CCN(C)CC4)c3c(=O)c2O)cc1. The Morgan fingerprint density at radius 3 is 2.32 bits per heavy atom. The third-order valence-corrected chi connectivity index (χ3v) is 6.45. The van der Waals surface area contributed by atoms with Gasteiger partial charge < -0.3 is 38.3 Å². The van der Waals surface area contributed by atoms with Crippen molar-refractivity contribution in [3.05, 3.63) is 40.6 Å². The zero-order valence-corrected chi connectivity index (χ0v) is 21.5. The molecular formula is C27H32N2O8. The average Bonchev–Trinajstić information content (AvgIpc) is 2.92. The minimum absolute atomic E-state index is 0.0181. The fourth-order valence-corrected chi connectivity index (χ4v) is 4.29. The highest BCUT2D eigenvalue weighted by Crippen LogP contribution is 2.43. The molecule has 2 aromatic carbocycles. The molecule has 0 aliphatic carbocycles. The second-order valence-electron chi connectivity index (χ2n) is 8.79. The lowest BCUT2D eigenvalue weighted by molar-refractivity contribution is -0.133. The molecule has 1 N–H and O–H groups in total. The molecule has 1 aliphatic heterocycles. The molecule has 10 heteroatoms. The number of benzene rings is 2. The number of amides is 1. The topological polar surface area (TPSA) is 111 Å². The summed E-state index contributed by atoms with van der Waals surface area (Å²) in [6.45, 7) is 3.33. The average molecular weight is 513 g/mol. The van der Waals surface area contributed by atoms with E-state index < -0.39 is 11.2 Å². The van der Waals surface area contributed by atoms with Gasteiger partial charge in [0.05, 0.1) is 27.9 Å². The Morgan fingerprint density at radius 2 is 1.70 bits per heavy atom.